The van der Waals surface area contributed by atoms with Crippen molar-refractivity contribution in [1.82, 2.24) is 4.31 Å². The van der Waals surface area contributed by atoms with Gasteiger partial charge in [-0.1, -0.05) is 5.92 Å². The van der Waals surface area contributed by atoms with Crippen LogP contribution in [0.4, 0.5) is 0 Å². The highest BCUT2D eigenvalue weighted by atomic mass is 79.9. The van der Waals surface area contributed by atoms with Gasteiger partial charge in [-0.05, 0) is 34.1 Å². The lowest BCUT2D eigenvalue weighted by Gasteiger charge is -2.15. The Morgan fingerprint density at radius 3 is 2.67 bits per heavy atom. The first kappa shape index (κ1) is 14.7. The minimum atomic E-state index is -3.81. The second kappa shape index (κ2) is 5.52. The molecule has 0 heterocycles. The molecule has 0 aromatic heterocycles. The van der Waals surface area contributed by atoms with Crippen LogP contribution < -0.4 is 0 Å². The molecule has 0 aliphatic rings. The third-order valence-electron chi connectivity index (χ3n) is 2.18. The molecule has 0 unspecified atom stereocenters. The molecule has 0 spiro atoms. The minimum absolute atomic E-state index is 0.0912. The Bertz CT molecular complexity index is 618. The van der Waals surface area contributed by atoms with Gasteiger partial charge in [-0.25, -0.2) is 13.2 Å². The molecule has 1 aromatic rings. The summed E-state index contributed by atoms with van der Waals surface area (Å²) in [4.78, 5) is 10.7. The van der Waals surface area contributed by atoms with Gasteiger partial charge in [-0.15, -0.1) is 6.42 Å². The van der Waals surface area contributed by atoms with Crippen LogP contribution in [0.2, 0.25) is 0 Å². The van der Waals surface area contributed by atoms with Gasteiger partial charge in [0.25, 0.3) is 0 Å². The first-order valence-corrected chi connectivity index (χ1v) is 6.96. The van der Waals surface area contributed by atoms with E-state index in [2.05, 4.69) is 21.9 Å². The fourth-order valence-corrected chi connectivity index (χ4v) is 3.25. The minimum Gasteiger partial charge on any atom is -0.478 e. The molecule has 96 valence electrons. The molecule has 18 heavy (non-hydrogen) atoms. The van der Waals surface area contributed by atoms with Gasteiger partial charge in [0.2, 0.25) is 10.0 Å². The summed E-state index contributed by atoms with van der Waals surface area (Å²) < 4.78 is 25.5. The van der Waals surface area contributed by atoms with E-state index in [4.69, 9.17) is 11.5 Å². The zero-order chi connectivity index (χ0) is 13.9. The number of terminal acetylenes is 1. The maximum Gasteiger partial charge on any atom is 0.335 e. The van der Waals surface area contributed by atoms with Gasteiger partial charge in [0.05, 0.1) is 17.0 Å². The highest BCUT2D eigenvalue weighted by molar-refractivity contribution is 9.10. The van der Waals surface area contributed by atoms with Crippen LogP contribution in [-0.4, -0.2) is 37.4 Å². The molecule has 0 saturated heterocycles. The van der Waals surface area contributed by atoms with Crippen molar-refractivity contribution in [2.75, 3.05) is 13.6 Å². The molecular weight excluding hydrogens is 322 g/mol. The molecule has 0 atom stereocenters. The average Bonchev–Trinajstić information content (AvgIpc) is 2.29. The Labute approximate surface area is 114 Å². The molecule has 0 amide bonds. The van der Waals surface area contributed by atoms with Crippen LogP contribution >= 0.6 is 15.9 Å². The lowest BCUT2D eigenvalue weighted by atomic mass is 10.2. The lowest BCUT2D eigenvalue weighted by molar-refractivity contribution is 0.0696. The third kappa shape index (κ3) is 2.90. The maximum atomic E-state index is 12.1. The van der Waals surface area contributed by atoms with E-state index in [9.17, 15) is 13.2 Å². The van der Waals surface area contributed by atoms with Crippen molar-refractivity contribution in [3.05, 3.63) is 28.2 Å². The largest absolute Gasteiger partial charge is 0.478 e. The summed E-state index contributed by atoms with van der Waals surface area (Å²) in [5.74, 6) is 1.02. The monoisotopic (exact) mass is 331 g/mol. The zero-order valence-corrected chi connectivity index (χ0v) is 11.8. The van der Waals surface area contributed by atoms with Gasteiger partial charge in [0, 0.05) is 11.5 Å². The molecule has 5 nitrogen and oxygen atoms in total. The maximum absolute atomic E-state index is 12.1. The third-order valence-corrected chi connectivity index (χ3v) is 4.98. The van der Waals surface area contributed by atoms with E-state index < -0.39 is 16.0 Å². The van der Waals surface area contributed by atoms with Crippen LogP contribution in [0.5, 0.6) is 0 Å². The highest BCUT2D eigenvalue weighted by Crippen LogP contribution is 2.25. The van der Waals surface area contributed by atoms with Gasteiger partial charge < -0.3 is 5.11 Å². The number of benzene rings is 1. The Kier molecular flexibility index (Phi) is 4.51. The number of nitrogens with zero attached hydrogens (tertiary/aromatic N) is 1. The summed E-state index contributed by atoms with van der Waals surface area (Å²) in [6.07, 6.45) is 5.06. The van der Waals surface area contributed by atoms with E-state index in [1.807, 2.05) is 0 Å². The van der Waals surface area contributed by atoms with Gasteiger partial charge in [0.1, 0.15) is 0 Å². The molecule has 1 rings (SSSR count). The topological polar surface area (TPSA) is 74.7 Å². The van der Waals surface area contributed by atoms with Crippen molar-refractivity contribution in [3.63, 3.8) is 0 Å². The molecule has 0 aliphatic heterocycles. The molecule has 1 N–H and O–H groups in total. The second-order valence-corrected chi connectivity index (χ2v) is 6.28. The number of hydrogen-bond donors (Lipinski definition) is 1. The fourth-order valence-electron chi connectivity index (χ4n) is 1.22. The van der Waals surface area contributed by atoms with Crippen LogP contribution in [-0.2, 0) is 10.0 Å². The van der Waals surface area contributed by atoms with Gasteiger partial charge >= 0.3 is 5.97 Å². The molecule has 0 aliphatic carbocycles. The van der Waals surface area contributed by atoms with E-state index in [0.29, 0.717) is 0 Å². The SMILES string of the molecule is C#CCN(C)S(=O)(=O)c1cc(C(=O)O)ccc1Br. The fraction of sp³-hybridized carbons (Fsp3) is 0.182. The first-order chi connectivity index (χ1) is 8.30. The van der Waals surface area contributed by atoms with Gasteiger partial charge in [-0.3, -0.25) is 0 Å². The first-order valence-electron chi connectivity index (χ1n) is 4.73. The molecule has 1 aromatic carbocycles. The number of hydrogen-bond acceptors (Lipinski definition) is 3. The predicted octanol–water partition coefficient (Wildman–Crippen LogP) is 1.40. The Hall–Kier alpha value is -1.36. The summed E-state index contributed by atoms with van der Waals surface area (Å²) in [5, 5.41) is 8.85. The Morgan fingerprint density at radius 1 is 1.56 bits per heavy atom. The quantitative estimate of drug-likeness (QED) is 0.846. The van der Waals surface area contributed by atoms with Crippen molar-refractivity contribution >= 4 is 31.9 Å². The van der Waals surface area contributed by atoms with Crippen LogP contribution in [0.25, 0.3) is 0 Å². The smallest absolute Gasteiger partial charge is 0.335 e. The molecule has 0 fully saturated rings. The molecule has 0 radical (unpaired) electrons. The number of sulfonamides is 1. The predicted molar refractivity (Wildman–Crippen MR) is 69.8 cm³/mol. The highest BCUT2D eigenvalue weighted by Gasteiger charge is 2.24. The molecular formula is C11H10BrNO4S. The van der Waals surface area contributed by atoms with Crippen molar-refractivity contribution in [3.8, 4) is 12.3 Å². The summed E-state index contributed by atoms with van der Waals surface area (Å²) in [6, 6.07) is 3.78. The van der Waals surface area contributed by atoms with Crippen LogP contribution in [0.1, 0.15) is 10.4 Å². The van der Waals surface area contributed by atoms with Crippen molar-refractivity contribution < 1.29 is 18.3 Å². The summed E-state index contributed by atoms with van der Waals surface area (Å²) in [7, 11) is -2.48. The summed E-state index contributed by atoms with van der Waals surface area (Å²) in [6.45, 7) is -0.0912. The molecule has 0 bridgehead atoms. The normalized spacial score (nSPS) is 11.2. The molecule has 0 saturated carbocycles. The number of halogens is 1. The number of carboxylic acid groups (broad SMARTS) is 1. The van der Waals surface area contributed by atoms with Crippen LogP contribution in [0, 0.1) is 12.3 Å². The van der Waals surface area contributed by atoms with Crippen molar-refractivity contribution in [1.29, 1.82) is 0 Å². The van der Waals surface area contributed by atoms with Gasteiger partial charge in [-0.2, -0.15) is 4.31 Å². The Balaban J connectivity index is 3.37. The average molecular weight is 332 g/mol. The van der Waals surface area contributed by atoms with Crippen molar-refractivity contribution in [2.24, 2.45) is 0 Å². The zero-order valence-electron chi connectivity index (χ0n) is 9.42. The van der Waals surface area contributed by atoms with Crippen LogP contribution in [0.3, 0.4) is 0 Å². The molecule has 7 heteroatoms. The number of aromatic carboxylic acids is 1. The van der Waals surface area contributed by atoms with Crippen LogP contribution in [0.15, 0.2) is 27.6 Å². The number of carboxylic acids is 1. The standard InChI is InChI=1S/C11H10BrNO4S/c1-3-6-13(2)18(16,17)10-7-8(11(14)15)4-5-9(10)12/h1,4-5,7H,6H2,2H3,(H,14,15). The van der Waals surface area contributed by atoms with Crippen molar-refractivity contribution in [2.45, 2.75) is 4.90 Å². The Morgan fingerprint density at radius 2 is 2.17 bits per heavy atom. The lowest BCUT2D eigenvalue weighted by Crippen LogP contribution is -2.27. The number of rotatable bonds is 4. The summed E-state index contributed by atoms with van der Waals surface area (Å²) in [5.41, 5.74) is -0.106. The second-order valence-electron chi connectivity index (χ2n) is 3.42. The van der Waals surface area contributed by atoms with E-state index in [1.165, 1.54) is 19.2 Å². The number of carbonyl (C=O) groups is 1. The van der Waals surface area contributed by atoms with E-state index >= 15 is 0 Å². The van der Waals surface area contributed by atoms with E-state index in [-0.39, 0.29) is 21.5 Å². The van der Waals surface area contributed by atoms with E-state index in [1.54, 1.807) is 0 Å². The summed E-state index contributed by atoms with van der Waals surface area (Å²) >= 11 is 3.08. The van der Waals surface area contributed by atoms with Gasteiger partial charge in [0.15, 0.2) is 0 Å². The van der Waals surface area contributed by atoms with E-state index in [0.717, 1.165) is 10.4 Å².